The Hall–Kier alpha value is -2.13. The Balaban J connectivity index is 2.50. The van der Waals surface area contributed by atoms with Crippen molar-refractivity contribution in [2.75, 3.05) is 6.61 Å². The Labute approximate surface area is 124 Å². The third kappa shape index (κ3) is 6.72. The van der Waals surface area contributed by atoms with Crippen molar-refractivity contribution in [3.05, 3.63) is 29.8 Å². The second-order valence-corrected chi connectivity index (χ2v) is 4.83. The number of carbonyl (C=O) groups excluding carboxylic acids is 2. The second-order valence-electron chi connectivity index (χ2n) is 4.83. The average molecular weight is 291 g/mol. The summed E-state index contributed by atoms with van der Waals surface area (Å²) in [4.78, 5) is 25.8. The third-order valence-electron chi connectivity index (χ3n) is 3.09. The molecule has 0 aliphatic rings. The summed E-state index contributed by atoms with van der Waals surface area (Å²) >= 11 is 0. The Kier molecular flexibility index (Phi) is 7.84. The van der Waals surface area contributed by atoms with Gasteiger partial charge in [0, 0.05) is 6.42 Å². The van der Waals surface area contributed by atoms with Gasteiger partial charge in [-0.15, -0.1) is 0 Å². The summed E-state index contributed by atoms with van der Waals surface area (Å²) in [5.74, 6) is -0.365. The molecule has 0 heterocycles. The summed E-state index contributed by atoms with van der Waals surface area (Å²) in [5.41, 5.74) is 0.791. The van der Waals surface area contributed by atoms with Gasteiger partial charge in [-0.2, -0.15) is 4.99 Å². The standard InChI is InChI=1S/C16H21NO4/c1-2-3-4-5-10-21-16(20)15(17-12-18)11-13-6-8-14(19)9-7-13/h6-9,15,19H,2-5,10-11H2,1H3/t15-/m0/s1. The number of aromatic hydroxyl groups is 1. The van der Waals surface area contributed by atoms with Crippen molar-refractivity contribution in [2.45, 2.75) is 45.1 Å². The van der Waals surface area contributed by atoms with Gasteiger partial charge in [0.05, 0.1) is 6.61 Å². The SMILES string of the molecule is CCCCCCOC(=O)[C@H](Cc1ccc(O)cc1)N=C=O. The number of phenolic OH excluding ortho intramolecular Hbond substituents is 1. The summed E-state index contributed by atoms with van der Waals surface area (Å²) in [6.45, 7) is 2.46. The van der Waals surface area contributed by atoms with E-state index >= 15 is 0 Å². The molecule has 1 rings (SSSR count). The molecule has 1 N–H and O–H groups in total. The highest BCUT2D eigenvalue weighted by molar-refractivity contribution is 5.77. The van der Waals surface area contributed by atoms with Gasteiger partial charge in [-0.3, -0.25) is 0 Å². The summed E-state index contributed by atoms with van der Waals surface area (Å²) in [5, 5.41) is 9.21. The molecule has 0 fully saturated rings. The molecule has 0 amide bonds. The first-order valence-corrected chi connectivity index (χ1v) is 7.19. The molecule has 0 spiro atoms. The van der Waals surface area contributed by atoms with Crippen molar-refractivity contribution in [2.24, 2.45) is 4.99 Å². The highest BCUT2D eigenvalue weighted by Crippen LogP contribution is 2.13. The van der Waals surface area contributed by atoms with E-state index < -0.39 is 12.0 Å². The van der Waals surface area contributed by atoms with Crippen LogP contribution in [-0.4, -0.2) is 29.8 Å². The molecule has 1 aromatic rings. The number of hydrogen-bond donors (Lipinski definition) is 1. The lowest BCUT2D eigenvalue weighted by molar-refractivity contribution is -0.145. The van der Waals surface area contributed by atoms with Gasteiger partial charge >= 0.3 is 5.97 Å². The molecule has 21 heavy (non-hydrogen) atoms. The smallest absolute Gasteiger partial charge is 0.332 e. The second kappa shape index (κ2) is 9.72. The van der Waals surface area contributed by atoms with Crippen LogP contribution in [0.1, 0.15) is 38.2 Å². The van der Waals surface area contributed by atoms with E-state index in [-0.39, 0.29) is 12.2 Å². The van der Waals surface area contributed by atoms with Crippen LogP contribution in [0.5, 0.6) is 5.75 Å². The molecule has 0 saturated heterocycles. The van der Waals surface area contributed by atoms with Crippen LogP contribution >= 0.6 is 0 Å². The molecule has 0 radical (unpaired) electrons. The highest BCUT2D eigenvalue weighted by atomic mass is 16.5. The molecule has 0 aliphatic heterocycles. The fourth-order valence-corrected chi connectivity index (χ4v) is 1.90. The molecule has 0 saturated carbocycles. The minimum Gasteiger partial charge on any atom is -0.508 e. The number of unbranched alkanes of at least 4 members (excludes halogenated alkanes) is 3. The van der Waals surface area contributed by atoms with Crippen LogP contribution in [0.3, 0.4) is 0 Å². The molecule has 0 bridgehead atoms. The number of rotatable bonds is 9. The first-order valence-electron chi connectivity index (χ1n) is 7.19. The van der Waals surface area contributed by atoms with E-state index in [1.807, 2.05) is 0 Å². The number of nitrogens with zero attached hydrogens (tertiary/aromatic N) is 1. The third-order valence-corrected chi connectivity index (χ3v) is 3.09. The number of carbonyl (C=O) groups is 1. The molecule has 0 unspecified atom stereocenters. The van der Waals surface area contributed by atoms with Gasteiger partial charge in [0.1, 0.15) is 5.75 Å². The van der Waals surface area contributed by atoms with Crippen LogP contribution in [0.15, 0.2) is 29.3 Å². The lowest BCUT2D eigenvalue weighted by Gasteiger charge is -2.11. The van der Waals surface area contributed by atoms with Gasteiger partial charge in [-0.1, -0.05) is 38.3 Å². The van der Waals surface area contributed by atoms with Crippen molar-refractivity contribution in [1.82, 2.24) is 0 Å². The van der Waals surface area contributed by atoms with Crippen LogP contribution in [-0.2, 0) is 20.7 Å². The Morgan fingerprint density at radius 2 is 2.00 bits per heavy atom. The monoisotopic (exact) mass is 291 g/mol. The van der Waals surface area contributed by atoms with Gasteiger partial charge in [0.2, 0.25) is 6.08 Å². The van der Waals surface area contributed by atoms with Crippen molar-refractivity contribution in [1.29, 1.82) is 0 Å². The van der Waals surface area contributed by atoms with Crippen molar-refractivity contribution in [3.8, 4) is 5.75 Å². The summed E-state index contributed by atoms with van der Waals surface area (Å²) in [7, 11) is 0. The van der Waals surface area contributed by atoms with Gasteiger partial charge in [0.25, 0.3) is 0 Å². The molecule has 114 valence electrons. The van der Waals surface area contributed by atoms with E-state index in [1.165, 1.54) is 18.2 Å². The van der Waals surface area contributed by atoms with Crippen LogP contribution in [0.25, 0.3) is 0 Å². The zero-order chi connectivity index (χ0) is 15.5. The molecule has 5 nitrogen and oxygen atoms in total. The van der Waals surface area contributed by atoms with Gasteiger partial charge < -0.3 is 9.84 Å². The predicted molar refractivity (Wildman–Crippen MR) is 78.8 cm³/mol. The van der Waals surface area contributed by atoms with Crippen molar-refractivity contribution in [3.63, 3.8) is 0 Å². The number of esters is 1. The van der Waals surface area contributed by atoms with Gasteiger partial charge in [0.15, 0.2) is 6.04 Å². The number of isocyanates is 1. The van der Waals surface area contributed by atoms with E-state index in [4.69, 9.17) is 4.74 Å². The summed E-state index contributed by atoms with van der Waals surface area (Å²) in [6.07, 6.45) is 5.73. The number of phenols is 1. The van der Waals surface area contributed by atoms with E-state index in [0.29, 0.717) is 6.61 Å². The maximum absolute atomic E-state index is 11.9. The van der Waals surface area contributed by atoms with E-state index in [0.717, 1.165) is 31.2 Å². The Morgan fingerprint density at radius 1 is 1.29 bits per heavy atom. The zero-order valence-electron chi connectivity index (χ0n) is 12.2. The minimum atomic E-state index is -0.877. The van der Waals surface area contributed by atoms with Crippen LogP contribution in [0.4, 0.5) is 0 Å². The van der Waals surface area contributed by atoms with Crippen molar-refractivity contribution >= 4 is 12.0 Å². The normalized spacial score (nSPS) is 11.5. The fourth-order valence-electron chi connectivity index (χ4n) is 1.90. The first kappa shape index (κ1) is 16.9. The van der Waals surface area contributed by atoms with Crippen LogP contribution in [0, 0.1) is 0 Å². The predicted octanol–water partition coefficient (Wildman–Crippen LogP) is 2.76. The van der Waals surface area contributed by atoms with Crippen LogP contribution in [0.2, 0.25) is 0 Å². The molecular weight excluding hydrogens is 270 g/mol. The van der Waals surface area contributed by atoms with Gasteiger partial charge in [-0.25, -0.2) is 9.59 Å². The molecular formula is C16H21NO4. The molecule has 5 heteroatoms. The quantitative estimate of drug-likeness (QED) is 0.328. The Bertz CT molecular complexity index is 478. The largest absolute Gasteiger partial charge is 0.508 e. The van der Waals surface area contributed by atoms with Gasteiger partial charge in [-0.05, 0) is 24.1 Å². The fraction of sp³-hybridized carbons (Fsp3) is 0.500. The minimum absolute atomic E-state index is 0.146. The topological polar surface area (TPSA) is 76.0 Å². The Morgan fingerprint density at radius 3 is 2.62 bits per heavy atom. The first-order chi connectivity index (χ1) is 10.2. The number of hydrogen-bond acceptors (Lipinski definition) is 5. The number of ether oxygens (including phenoxy) is 1. The number of aliphatic imine (C=N–C) groups is 1. The maximum atomic E-state index is 11.9. The average Bonchev–Trinajstić information content (AvgIpc) is 2.48. The zero-order valence-corrected chi connectivity index (χ0v) is 12.2. The lowest BCUT2D eigenvalue weighted by Crippen LogP contribution is -2.24. The summed E-state index contributed by atoms with van der Waals surface area (Å²) in [6, 6.07) is 5.52. The number of benzene rings is 1. The maximum Gasteiger partial charge on any atom is 0.332 e. The van der Waals surface area contributed by atoms with E-state index in [2.05, 4.69) is 11.9 Å². The van der Waals surface area contributed by atoms with Crippen molar-refractivity contribution < 1.29 is 19.4 Å². The summed E-state index contributed by atoms with van der Waals surface area (Å²) < 4.78 is 5.14. The molecule has 0 aliphatic carbocycles. The highest BCUT2D eigenvalue weighted by Gasteiger charge is 2.19. The molecule has 1 atom stereocenters. The molecule has 0 aromatic heterocycles. The molecule has 1 aromatic carbocycles. The lowest BCUT2D eigenvalue weighted by atomic mass is 10.1. The van der Waals surface area contributed by atoms with E-state index in [1.54, 1.807) is 12.1 Å². The van der Waals surface area contributed by atoms with Crippen LogP contribution < -0.4 is 0 Å². The van der Waals surface area contributed by atoms with E-state index in [9.17, 15) is 14.7 Å².